The SMILES string of the molecule is CCCOc1ccc(C(=O)N2C[C@@H](Cc3cnccn3)[C@H](O)C2)cc1. The Bertz CT molecular complexity index is 691. The first kappa shape index (κ1) is 17.4. The molecule has 3 rings (SSSR count). The van der Waals surface area contributed by atoms with E-state index in [0.29, 0.717) is 31.7 Å². The number of hydrogen-bond acceptors (Lipinski definition) is 5. The Hall–Kier alpha value is -2.47. The molecular weight excluding hydrogens is 318 g/mol. The summed E-state index contributed by atoms with van der Waals surface area (Å²) in [7, 11) is 0. The number of benzene rings is 1. The summed E-state index contributed by atoms with van der Waals surface area (Å²) in [5.41, 5.74) is 1.44. The summed E-state index contributed by atoms with van der Waals surface area (Å²) in [5, 5.41) is 10.3. The first-order valence-corrected chi connectivity index (χ1v) is 8.62. The van der Waals surface area contributed by atoms with Crippen LogP contribution in [0.25, 0.3) is 0 Å². The third-order valence-corrected chi connectivity index (χ3v) is 4.36. The first-order valence-electron chi connectivity index (χ1n) is 8.62. The van der Waals surface area contributed by atoms with E-state index in [9.17, 15) is 9.90 Å². The number of aliphatic hydroxyl groups is 1. The van der Waals surface area contributed by atoms with Crippen LogP contribution >= 0.6 is 0 Å². The quantitative estimate of drug-likeness (QED) is 0.869. The Morgan fingerprint density at radius 2 is 2.08 bits per heavy atom. The van der Waals surface area contributed by atoms with E-state index in [0.717, 1.165) is 17.9 Å². The zero-order valence-corrected chi connectivity index (χ0v) is 14.3. The van der Waals surface area contributed by atoms with Gasteiger partial charge in [-0.15, -0.1) is 0 Å². The molecule has 132 valence electrons. The van der Waals surface area contributed by atoms with Gasteiger partial charge in [0.1, 0.15) is 5.75 Å². The Morgan fingerprint density at radius 1 is 1.28 bits per heavy atom. The number of aromatic nitrogens is 2. The maximum atomic E-state index is 12.7. The standard InChI is InChI=1S/C19H23N3O3/c1-2-9-25-17-5-3-14(4-6-17)19(24)22-12-15(18(23)13-22)10-16-11-20-7-8-21-16/h3-8,11,15,18,23H,2,9-10,12-13H2,1H3/t15-,18-/m1/s1. The molecule has 6 heteroatoms. The molecule has 0 bridgehead atoms. The largest absolute Gasteiger partial charge is 0.494 e. The number of ether oxygens (including phenoxy) is 1. The molecule has 1 aliphatic heterocycles. The third kappa shape index (κ3) is 4.33. The molecule has 0 unspecified atom stereocenters. The van der Waals surface area contributed by atoms with Crippen molar-refractivity contribution < 1.29 is 14.6 Å². The van der Waals surface area contributed by atoms with Gasteiger partial charge in [0.15, 0.2) is 0 Å². The van der Waals surface area contributed by atoms with Gasteiger partial charge in [-0.25, -0.2) is 0 Å². The van der Waals surface area contributed by atoms with E-state index in [1.807, 2.05) is 19.1 Å². The summed E-state index contributed by atoms with van der Waals surface area (Å²) in [4.78, 5) is 22.7. The van der Waals surface area contributed by atoms with Crippen LogP contribution in [0, 0.1) is 5.92 Å². The van der Waals surface area contributed by atoms with Crippen molar-refractivity contribution in [2.24, 2.45) is 5.92 Å². The van der Waals surface area contributed by atoms with E-state index >= 15 is 0 Å². The summed E-state index contributed by atoms with van der Waals surface area (Å²) >= 11 is 0. The molecule has 0 radical (unpaired) electrons. The second kappa shape index (κ2) is 8.07. The number of carbonyl (C=O) groups is 1. The number of aliphatic hydroxyl groups excluding tert-OH is 1. The summed E-state index contributed by atoms with van der Waals surface area (Å²) in [6.45, 7) is 3.58. The van der Waals surface area contributed by atoms with Crippen LogP contribution in [-0.2, 0) is 6.42 Å². The van der Waals surface area contributed by atoms with Crippen LogP contribution in [0.5, 0.6) is 5.75 Å². The first-order chi connectivity index (χ1) is 12.2. The summed E-state index contributed by atoms with van der Waals surface area (Å²) < 4.78 is 5.54. The highest BCUT2D eigenvalue weighted by Crippen LogP contribution is 2.23. The molecule has 1 aliphatic rings. The van der Waals surface area contributed by atoms with Gasteiger partial charge < -0.3 is 14.7 Å². The van der Waals surface area contributed by atoms with E-state index in [1.165, 1.54) is 0 Å². The maximum absolute atomic E-state index is 12.7. The maximum Gasteiger partial charge on any atom is 0.253 e. The van der Waals surface area contributed by atoms with Crippen LogP contribution in [0.4, 0.5) is 0 Å². The minimum Gasteiger partial charge on any atom is -0.494 e. The van der Waals surface area contributed by atoms with Crippen molar-refractivity contribution in [1.29, 1.82) is 0 Å². The third-order valence-electron chi connectivity index (χ3n) is 4.36. The lowest BCUT2D eigenvalue weighted by molar-refractivity contribution is 0.0764. The predicted molar refractivity (Wildman–Crippen MR) is 93.4 cm³/mol. The highest BCUT2D eigenvalue weighted by Gasteiger charge is 2.34. The Morgan fingerprint density at radius 3 is 2.76 bits per heavy atom. The molecule has 2 heterocycles. The van der Waals surface area contributed by atoms with Crippen molar-refractivity contribution >= 4 is 5.91 Å². The molecule has 1 aromatic carbocycles. The van der Waals surface area contributed by atoms with Gasteiger partial charge in [0.05, 0.1) is 18.4 Å². The molecule has 6 nitrogen and oxygen atoms in total. The molecule has 1 amide bonds. The summed E-state index contributed by atoms with van der Waals surface area (Å²) in [5.74, 6) is 0.677. The molecule has 1 saturated heterocycles. The van der Waals surface area contributed by atoms with Crippen LogP contribution in [0.3, 0.4) is 0 Å². The van der Waals surface area contributed by atoms with Gasteiger partial charge in [-0.05, 0) is 37.1 Å². The van der Waals surface area contributed by atoms with Gasteiger partial charge in [0, 0.05) is 43.2 Å². The van der Waals surface area contributed by atoms with Crippen LogP contribution in [0.15, 0.2) is 42.9 Å². The van der Waals surface area contributed by atoms with E-state index < -0.39 is 6.10 Å². The number of β-amino-alcohol motifs (C(OH)–C–C–N with tert-alkyl or cyclic N) is 1. The van der Waals surface area contributed by atoms with Crippen LogP contribution in [0.2, 0.25) is 0 Å². The lowest BCUT2D eigenvalue weighted by atomic mass is 10.0. The van der Waals surface area contributed by atoms with Crippen LogP contribution < -0.4 is 4.74 Å². The summed E-state index contributed by atoms with van der Waals surface area (Å²) in [6, 6.07) is 7.17. The van der Waals surface area contributed by atoms with Gasteiger partial charge in [-0.2, -0.15) is 0 Å². The van der Waals surface area contributed by atoms with Gasteiger partial charge in [0.2, 0.25) is 0 Å². The smallest absolute Gasteiger partial charge is 0.253 e. The van der Waals surface area contributed by atoms with Gasteiger partial charge in [-0.3, -0.25) is 14.8 Å². The number of amides is 1. The monoisotopic (exact) mass is 341 g/mol. The molecule has 0 aliphatic carbocycles. The van der Waals surface area contributed by atoms with Crippen molar-refractivity contribution in [2.45, 2.75) is 25.9 Å². The van der Waals surface area contributed by atoms with Gasteiger partial charge >= 0.3 is 0 Å². The molecular formula is C19H23N3O3. The zero-order chi connectivity index (χ0) is 17.6. The van der Waals surface area contributed by atoms with Gasteiger partial charge in [-0.1, -0.05) is 6.92 Å². The number of hydrogen-bond donors (Lipinski definition) is 1. The molecule has 1 fully saturated rings. The number of carbonyl (C=O) groups excluding carboxylic acids is 1. The van der Waals surface area contributed by atoms with E-state index in [4.69, 9.17) is 4.74 Å². The second-order valence-electron chi connectivity index (χ2n) is 6.31. The molecule has 1 N–H and O–H groups in total. The minimum absolute atomic E-state index is 0.0205. The molecule has 2 atom stereocenters. The fourth-order valence-corrected chi connectivity index (χ4v) is 3.02. The van der Waals surface area contributed by atoms with Crippen molar-refractivity contribution in [3.63, 3.8) is 0 Å². The highest BCUT2D eigenvalue weighted by atomic mass is 16.5. The lowest BCUT2D eigenvalue weighted by Crippen LogP contribution is -2.29. The van der Waals surface area contributed by atoms with Gasteiger partial charge in [0.25, 0.3) is 5.91 Å². The lowest BCUT2D eigenvalue weighted by Gasteiger charge is -2.16. The zero-order valence-electron chi connectivity index (χ0n) is 14.3. The molecule has 0 saturated carbocycles. The van der Waals surface area contributed by atoms with E-state index in [2.05, 4.69) is 9.97 Å². The molecule has 2 aromatic rings. The Balaban J connectivity index is 1.61. The highest BCUT2D eigenvalue weighted by molar-refractivity contribution is 5.94. The van der Waals surface area contributed by atoms with E-state index in [-0.39, 0.29) is 11.8 Å². The molecule has 1 aromatic heterocycles. The average molecular weight is 341 g/mol. The normalized spacial score (nSPS) is 19.8. The van der Waals surface area contributed by atoms with Crippen molar-refractivity contribution in [1.82, 2.24) is 14.9 Å². The average Bonchev–Trinajstić information content (AvgIpc) is 3.01. The predicted octanol–water partition coefficient (Wildman–Crippen LogP) is 1.94. The minimum atomic E-state index is -0.543. The summed E-state index contributed by atoms with van der Waals surface area (Å²) in [6.07, 6.45) is 5.98. The Kier molecular flexibility index (Phi) is 5.60. The van der Waals surface area contributed by atoms with Crippen molar-refractivity contribution in [2.75, 3.05) is 19.7 Å². The molecule has 25 heavy (non-hydrogen) atoms. The topological polar surface area (TPSA) is 75.5 Å². The van der Waals surface area contributed by atoms with Crippen LogP contribution in [-0.4, -0.2) is 51.7 Å². The number of likely N-dealkylation sites (tertiary alicyclic amines) is 1. The van der Waals surface area contributed by atoms with Crippen LogP contribution in [0.1, 0.15) is 29.4 Å². The second-order valence-corrected chi connectivity index (χ2v) is 6.31. The fraction of sp³-hybridized carbons (Fsp3) is 0.421. The number of rotatable bonds is 6. The fourth-order valence-electron chi connectivity index (χ4n) is 3.02. The van der Waals surface area contributed by atoms with Crippen molar-refractivity contribution in [3.05, 3.63) is 54.1 Å². The van der Waals surface area contributed by atoms with Crippen molar-refractivity contribution in [3.8, 4) is 5.75 Å². The van der Waals surface area contributed by atoms with E-state index in [1.54, 1.807) is 35.6 Å². The number of nitrogens with zero attached hydrogens (tertiary/aromatic N) is 3. The Labute approximate surface area is 147 Å². The molecule has 0 spiro atoms.